The van der Waals surface area contributed by atoms with E-state index in [0.29, 0.717) is 38.7 Å². The Bertz CT molecular complexity index is 989. The smallest absolute Gasteiger partial charge is 0.412 e. The van der Waals surface area contributed by atoms with Crippen molar-refractivity contribution in [1.29, 1.82) is 0 Å². The molecule has 0 aliphatic heterocycles. The van der Waals surface area contributed by atoms with Crippen molar-refractivity contribution in [2.24, 2.45) is 0 Å². The maximum absolute atomic E-state index is 12.5. The number of fused-ring (bicyclic) bond motifs is 2. The first-order valence-electron chi connectivity index (χ1n) is 11.7. The Balaban J connectivity index is 1.48. The Morgan fingerprint density at radius 2 is 1.56 bits per heavy atom. The summed E-state index contributed by atoms with van der Waals surface area (Å²) >= 11 is 0. The van der Waals surface area contributed by atoms with Gasteiger partial charge < -0.3 is 29.0 Å². The summed E-state index contributed by atoms with van der Waals surface area (Å²) in [4.78, 5) is 23.4. The van der Waals surface area contributed by atoms with Crippen LogP contribution in [0.4, 0.5) is 4.79 Å². The number of hydrogen-bond acceptors (Lipinski definition) is 7. The normalized spacial score (nSPS) is 12.6. The number of carbonyl (C=O) groups is 2. The van der Waals surface area contributed by atoms with E-state index in [1.165, 1.54) is 0 Å². The number of nitrogens with one attached hydrogen (secondary N) is 1. The largest absolute Gasteiger partial charge is 0.493 e. The highest BCUT2D eigenvalue weighted by molar-refractivity contribution is 5.97. The minimum absolute atomic E-state index is 0.169. The van der Waals surface area contributed by atoms with E-state index in [-0.39, 0.29) is 13.2 Å². The summed E-state index contributed by atoms with van der Waals surface area (Å²) in [6, 6.07) is 7.90. The van der Waals surface area contributed by atoms with Crippen LogP contribution in [0.2, 0.25) is 0 Å². The second-order valence-electron chi connectivity index (χ2n) is 7.71. The molecule has 0 spiro atoms. The van der Waals surface area contributed by atoms with Gasteiger partial charge in [0.25, 0.3) is 0 Å². The number of ether oxygens (including phenoxy) is 5. The van der Waals surface area contributed by atoms with Crippen molar-refractivity contribution in [3.05, 3.63) is 48.0 Å². The molecule has 8 nitrogen and oxygen atoms in total. The van der Waals surface area contributed by atoms with Gasteiger partial charge in [0.15, 0.2) is 0 Å². The first-order valence-corrected chi connectivity index (χ1v) is 11.7. The summed E-state index contributed by atoms with van der Waals surface area (Å²) in [7, 11) is 0. The van der Waals surface area contributed by atoms with E-state index in [1.54, 1.807) is 0 Å². The molecule has 0 unspecified atom stereocenters. The molecule has 0 atom stereocenters. The zero-order valence-electron chi connectivity index (χ0n) is 19.7. The van der Waals surface area contributed by atoms with Crippen LogP contribution in [0.15, 0.2) is 36.9 Å². The maximum Gasteiger partial charge on any atom is 0.412 e. The molecule has 1 aliphatic rings. The Hall–Kier alpha value is -3.10. The van der Waals surface area contributed by atoms with Crippen LogP contribution in [-0.4, -0.2) is 58.2 Å². The first kappa shape index (κ1) is 25.5. The van der Waals surface area contributed by atoms with E-state index in [4.69, 9.17) is 23.7 Å². The lowest BCUT2D eigenvalue weighted by Gasteiger charge is -2.24. The zero-order valence-corrected chi connectivity index (χ0v) is 19.7. The van der Waals surface area contributed by atoms with Crippen molar-refractivity contribution in [1.82, 2.24) is 5.32 Å². The fourth-order valence-electron chi connectivity index (χ4n) is 3.97. The second-order valence-corrected chi connectivity index (χ2v) is 7.71. The van der Waals surface area contributed by atoms with Crippen LogP contribution < -0.4 is 14.8 Å². The minimum atomic E-state index is -0.508. The number of benzene rings is 2. The molecule has 3 rings (SSSR count). The number of esters is 1. The molecule has 0 saturated carbocycles. The second kappa shape index (κ2) is 13.6. The van der Waals surface area contributed by atoms with Gasteiger partial charge in [-0.2, -0.15) is 0 Å². The van der Waals surface area contributed by atoms with Gasteiger partial charge in [-0.05, 0) is 32.6 Å². The van der Waals surface area contributed by atoms with E-state index < -0.39 is 12.1 Å². The van der Waals surface area contributed by atoms with Crippen molar-refractivity contribution < 1.29 is 33.3 Å². The number of carbonyl (C=O) groups excluding carboxylic acids is 2. The summed E-state index contributed by atoms with van der Waals surface area (Å²) in [5.41, 5.74) is 2.22. The molecule has 1 N–H and O–H groups in total. The summed E-state index contributed by atoms with van der Waals surface area (Å²) in [5.74, 6) is 1.06. The first-order chi connectivity index (χ1) is 16.7. The van der Waals surface area contributed by atoms with Crippen LogP contribution in [0, 0.1) is 0 Å². The molecule has 0 radical (unpaired) electrons. The third kappa shape index (κ3) is 6.95. The van der Waals surface area contributed by atoms with Gasteiger partial charge in [0.05, 0.1) is 33.0 Å². The molecule has 34 heavy (non-hydrogen) atoms. The van der Waals surface area contributed by atoms with E-state index in [0.717, 1.165) is 59.4 Å². The molecule has 0 fully saturated rings. The lowest BCUT2D eigenvalue weighted by Crippen LogP contribution is -2.31. The lowest BCUT2D eigenvalue weighted by molar-refractivity contribution is -0.139. The quantitative estimate of drug-likeness (QED) is 0.268. The molecule has 1 aliphatic carbocycles. The van der Waals surface area contributed by atoms with Crippen molar-refractivity contribution in [3.63, 3.8) is 0 Å². The third-order valence-corrected chi connectivity index (χ3v) is 5.44. The van der Waals surface area contributed by atoms with Crippen LogP contribution in [0.3, 0.4) is 0 Å². The number of amides is 1. The molecule has 2 aromatic carbocycles. The van der Waals surface area contributed by atoms with Crippen molar-refractivity contribution in [2.75, 3.05) is 46.2 Å². The van der Waals surface area contributed by atoms with Crippen LogP contribution >= 0.6 is 0 Å². The monoisotopic (exact) mass is 471 g/mol. The molecule has 184 valence electrons. The van der Waals surface area contributed by atoms with Gasteiger partial charge in [-0.25, -0.2) is 9.59 Å². The Kier molecular flexibility index (Phi) is 10.2. The number of hydrogen-bond donors (Lipinski definition) is 1. The molecular weight excluding hydrogens is 438 g/mol. The fourth-order valence-corrected chi connectivity index (χ4v) is 3.97. The van der Waals surface area contributed by atoms with Gasteiger partial charge in [-0.3, -0.25) is 0 Å². The third-order valence-electron chi connectivity index (χ3n) is 5.44. The van der Waals surface area contributed by atoms with Gasteiger partial charge in [0, 0.05) is 34.5 Å². The lowest BCUT2D eigenvalue weighted by atomic mass is 9.87. The van der Waals surface area contributed by atoms with E-state index in [1.807, 2.05) is 31.2 Å². The standard InChI is InChI=1S/C26H33NO7/c1-3-23(28)33-18-17-31-16-15-30-14-13-27-26(29)34-25-21-11-7-5-9-19(21)24(32-4-2)20-10-6-8-12-22(20)25/h3,5,7,9,11H,1,4,6,8,10,12-18H2,2H3,(H,27,29). The zero-order chi connectivity index (χ0) is 24.2. The topological polar surface area (TPSA) is 92.3 Å². The Morgan fingerprint density at radius 1 is 0.941 bits per heavy atom. The Labute approximate surface area is 200 Å². The summed E-state index contributed by atoms with van der Waals surface area (Å²) in [6.45, 7) is 7.71. The Morgan fingerprint density at radius 3 is 2.24 bits per heavy atom. The number of rotatable bonds is 13. The van der Waals surface area contributed by atoms with Gasteiger partial charge in [-0.1, -0.05) is 30.8 Å². The highest BCUT2D eigenvalue weighted by Crippen LogP contribution is 2.44. The summed E-state index contributed by atoms with van der Waals surface area (Å²) < 4.78 is 27.4. The van der Waals surface area contributed by atoms with Gasteiger partial charge in [0.1, 0.15) is 18.1 Å². The molecule has 0 saturated heterocycles. The predicted octanol–water partition coefficient (Wildman–Crippen LogP) is 3.97. The van der Waals surface area contributed by atoms with Crippen LogP contribution in [0.5, 0.6) is 11.5 Å². The van der Waals surface area contributed by atoms with E-state index >= 15 is 0 Å². The predicted molar refractivity (Wildman–Crippen MR) is 129 cm³/mol. The van der Waals surface area contributed by atoms with Gasteiger partial charge >= 0.3 is 12.1 Å². The summed E-state index contributed by atoms with van der Waals surface area (Å²) in [6.07, 6.45) is 4.53. The van der Waals surface area contributed by atoms with Crippen LogP contribution in [0.25, 0.3) is 10.8 Å². The maximum atomic E-state index is 12.5. The average Bonchev–Trinajstić information content (AvgIpc) is 2.86. The highest BCUT2D eigenvalue weighted by atomic mass is 16.6. The average molecular weight is 472 g/mol. The molecule has 0 bridgehead atoms. The van der Waals surface area contributed by atoms with Gasteiger partial charge in [-0.15, -0.1) is 0 Å². The molecule has 8 heteroatoms. The van der Waals surface area contributed by atoms with E-state index in [9.17, 15) is 9.59 Å². The minimum Gasteiger partial charge on any atom is -0.493 e. The molecule has 0 heterocycles. The van der Waals surface area contributed by atoms with E-state index in [2.05, 4.69) is 11.9 Å². The SMILES string of the molecule is C=CC(=O)OCCOCCOCCNC(=O)Oc1c2c(c(OCC)c3ccccc13)CCCC2. The molecule has 0 aromatic heterocycles. The highest BCUT2D eigenvalue weighted by Gasteiger charge is 2.24. The van der Waals surface area contributed by atoms with Crippen LogP contribution in [0.1, 0.15) is 30.9 Å². The van der Waals surface area contributed by atoms with Crippen molar-refractivity contribution >= 4 is 22.8 Å². The van der Waals surface area contributed by atoms with Gasteiger partial charge in [0.2, 0.25) is 0 Å². The molecular formula is C26H33NO7. The molecule has 2 aromatic rings. The van der Waals surface area contributed by atoms with Crippen molar-refractivity contribution in [3.8, 4) is 11.5 Å². The van der Waals surface area contributed by atoms with Crippen molar-refractivity contribution in [2.45, 2.75) is 32.6 Å². The molecule has 1 amide bonds. The fraction of sp³-hybridized carbons (Fsp3) is 0.462. The summed E-state index contributed by atoms with van der Waals surface area (Å²) in [5, 5.41) is 4.60. The van der Waals surface area contributed by atoms with Crippen LogP contribution in [-0.2, 0) is 31.8 Å².